The van der Waals surface area contributed by atoms with Crippen LogP contribution >= 0.6 is 0 Å². The topological polar surface area (TPSA) is 26.7 Å². The number of likely N-dealkylation sites (tertiary alicyclic amines) is 1. The predicted octanol–water partition coefficient (Wildman–Crippen LogP) is 0.370. The average Bonchev–Trinajstić information content (AvgIpc) is 2.25. The quantitative estimate of drug-likeness (QED) is 0.700. The number of nitrogens with zero attached hydrogens (tertiary/aromatic N) is 2. The summed E-state index contributed by atoms with van der Waals surface area (Å²) in [5.74, 6) is 0. The van der Waals surface area contributed by atoms with Gasteiger partial charge in [0.2, 0.25) is 0 Å². The fraction of sp³-hybridized carbons (Fsp3) is 1.00. The van der Waals surface area contributed by atoms with Crippen LogP contribution in [0, 0.1) is 0 Å². The Morgan fingerprint density at radius 3 is 2.47 bits per heavy atom. The van der Waals surface area contributed by atoms with Crippen LogP contribution in [-0.2, 0) is 0 Å². The normalized spacial score (nSPS) is 29.0. The molecule has 0 spiro atoms. The molecular formula is C8H17BF3N2O-. The van der Waals surface area contributed by atoms with E-state index in [1.54, 1.807) is 0 Å². The van der Waals surface area contributed by atoms with Gasteiger partial charge in [0.05, 0.1) is 6.10 Å². The maximum atomic E-state index is 12.3. The number of β-amino-alcohol motifs (C(OH)–C–C–N with tert-alkyl or cyclic N) is 1. The molecule has 7 heteroatoms. The molecule has 0 aromatic heterocycles. The van der Waals surface area contributed by atoms with Crippen LogP contribution < -0.4 is 0 Å². The molecule has 15 heavy (non-hydrogen) atoms. The third kappa shape index (κ3) is 4.40. The van der Waals surface area contributed by atoms with Gasteiger partial charge in [-0.15, -0.1) is 0 Å². The molecule has 0 aliphatic carbocycles. The summed E-state index contributed by atoms with van der Waals surface area (Å²) in [5.41, 5.74) is 0. The summed E-state index contributed by atoms with van der Waals surface area (Å²) in [4.78, 5) is 3.18. The zero-order valence-corrected chi connectivity index (χ0v) is 9.04. The van der Waals surface area contributed by atoms with Gasteiger partial charge in [-0.2, -0.15) is 0 Å². The summed E-state index contributed by atoms with van der Waals surface area (Å²) < 4.78 is 36.8. The first-order valence-electron chi connectivity index (χ1n) is 5.06. The van der Waals surface area contributed by atoms with Crippen molar-refractivity contribution in [3.05, 3.63) is 0 Å². The van der Waals surface area contributed by atoms with Crippen LogP contribution in [0.2, 0.25) is 0 Å². The highest BCUT2D eigenvalue weighted by Gasteiger charge is 2.36. The minimum atomic E-state index is -4.80. The zero-order valence-electron chi connectivity index (χ0n) is 9.04. The third-order valence-corrected chi connectivity index (χ3v) is 2.52. The van der Waals surface area contributed by atoms with Gasteiger partial charge in [-0.3, -0.25) is 0 Å². The van der Waals surface area contributed by atoms with Gasteiger partial charge in [0.15, 0.2) is 0 Å². The van der Waals surface area contributed by atoms with E-state index < -0.39 is 19.5 Å². The molecule has 0 radical (unpaired) electrons. The molecule has 1 fully saturated rings. The fourth-order valence-corrected chi connectivity index (χ4v) is 2.06. The molecule has 90 valence electrons. The van der Waals surface area contributed by atoms with Crippen molar-refractivity contribution in [3.63, 3.8) is 0 Å². The molecule has 0 bridgehead atoms. The highest BCUT2D eigenvalue weighted by molar-refractivity contribution is 6.58. The Morgan fingerprint density at radius 1 is 1.40 bits per heavy atom. The van der Waals surface area contributed by atoms with Crippen LogP contribution in [0.1, 0.15) is 6.42 Å². The molecule has 3 nitrogen and oxygen atoms in total. The van der Waals surface area contributed by atoms with Crippen molar-refractivity contribution in [1.82, 2.24) is 9.80 Å². The SMILES string of the molecule is CN(C)CC1CC(O)CN1C[B-](F)(F)F. The number of hydrogen-bond acceptors (Lipinski definition) is 3. The van der Waals surface area contributed by atoms with Gasteiger partial charge >= 0.3 is 6.98 Å². The lowest BCUT2D eigenvalue weighted by Crippen LogP contribution is -2.44. The van der Waals surface area contributed by atoms with Crippen molar-refractivity contribution in [1.29, 1.82) is 0 Å². The number of hydrogen-bond donors (Lipinski definition) is 1. The molecule has 0 saturated carbocycles. The second-order valence-electron chi connectivity index (χ2n) is 4.47. The van der Waals surface area contributed by atoms with Crippen molar-refractivity contribution in [2.24, 2.45) is 0 Å². The average molecular weight is 225 g/mol. The predicted molar refractivity (Wildman–Crippen MR) is 53.6 cm³/mol. The summed E-state index contributed by atoms with van der Waals surface area (Å²) in [6.45, 7) is -4.10. The Labute approximate surface area is 87.9 Å². The second-order valence-corrected chi connectivity index (χ2v) is 4.47. The lowest BCUT2D eigenvalue weighted by atomic mass is 9.91. The smallest absolute Gasteiger partial charge is 0.448 e. The van der Waals surface area contributed by atoms with Crippen molar-refractivity contribution in [3.8, 4) is 0 Å². The third-order valence-electron chi connectivity index (χ3n) is 2.52. The van der Waals surface area contributed by atoms with Crippen molar-refractivity contribution >= 4 is 6.98 Å². The van der Waals surface area contributed by atoms with Crippen LogP contribution in [0.25, 0.3) is 0 Å². The van der Waals surface area contributed by atoms with E-state index in [0.29, 0.717) is 13.0 Å². The fourth-order valence-electron chi connectivity index (χ4n) is 2.06. The van der Waals surface area contributed by atoms with E-state index in [0.717, 1.165) is 0 Å². The number of halogens is 3. The Kier molecular flexibility index (Phi) is 4.02. The Morgan fingerprint density at radius 2 is 2.00 bits per heavy atom. The van der Waals surface area contributed by atoms with Crippen molar-refractivity contribution in [2.75, 3.05) is 33.6 Å². The highest BCUT2D eigenvalue weighted by atomic mass is 19.4. The number of likely N-dealkylation sites (N-methyl/N-ethyl adjacent to an activating group) is 1. The second kappa shape index (κ2) is 4.72. The van der Waals surface area contributed by atoms with E-state index in [9.17, 15) is 18.1 Å². The molecule has 0 amide bonds. The molecule has 1 aliphatic rings. The first kappa shape index (κ1) is 12.8. The molecule has 1 aliphatic heterocycles. The molecule has 1 heterocycles. The lowest BCUT2D eigenvalue weighted by Gasteiger charge is -2.30. The molecule has 1 N–H and O–H groups in total. The molecule has 1 rings (SSSR count). The summed E-state index contributed by atoms with van der Waals surface area (Å²) in [7, 11) is 3.64. The van der Waals surface area contributed by atoms with Gasteiger partial charge in [-0.1, -0.05) is 0 Å². The van der Waals surface area contributed by atoms with E-state index in [1.807, 2.05) is 19.0 Å². The maximum Gasteiger partial charge on any atom is 0.492 e. The van der Waals surface area contributed by atoms with E-state index in [1.165, 1.54) is 4.90 Å². The minimum Gasteiger partial charge on any atom is -0.448 e. The van der Waals surface area contributed by atoms with Gasteiger partial charge in [-0.05, 0) is 27.0 Å². The Hall–Kier alpha value is -0.265. The van der Waals surface area contributed by atoms with E-state index in [-0.39, 0.29) is 12.6 Å². The van der Waals surface area contributed by atoms with Crippen LogP contribution in [-0.4, -0.2) is 67.7 Å². The zero-order chi connectivity index (χ0) is 11.6. The highest BCUT2D eigenvalue weighted by Crippen LogP contribution is 2.22. The van der Waals surface area contributed by atoms with Gasteiger partial charge in [0.1, 0.15) is 0 Å². The lowest BCUT2D eigenvalue weighted by molar-refractivity contribution is 0.176. The van der Waals surface area contributed by atoms with E-state index >= 15 is 0 Å². The van der Waals surface area contributed by atoms with Crippen molar-refractivity contribution in [2.45, 2.75) is 18.6 Å². The van der Waals surface area contributed by atoms with Crippen LogP contribution in [0.15, 0.2) is 0 Å². The molecule has 0 aromatic rings. The molecular weight excluding hydrogens is 208 g/mol. The number of aliphatic hydroxyl groups is 1. The van der Waals surface area contributed by atoms with Gasteiger partial charge < -0.3 is 27.9 Å². The summed E-state index contributed by atoms with van der Waals surface area (Å²) in [5, 5.41) is 9.36. The largest absolute Gasteiger partial charge is 0.492 e. The molecule has 2 atom stereocenters. The van der Waals surface area contributed by atoms with Crippen LogP contribution in [0.4, 0.5) is 12.9 Å². The molecule has 0 aromatic carbocycles. The minimum absolute atomic E-state index is 0.139. The molecule has 2 unspecified atom stereocenters. The van der Waals surface area contributed by atoms with E-state index in [2.05, 4.69) is 0 Å². The first-order chi connectivity index (χ1) is 6.78. The molecule has 1 saturated heterocycles. The van der Waals surface area contributed by atoms with Gasteiger partial charge in [0, 0.05) is 19.1 Å². The number of rotatable bonds is 4. The van der Waals surface area contributed by atoms with Gasteiger partial charge in [-0.25, -0.2) is 0 Å². The van der Waals surface area contributed by atoms with Crippen LogP contribution in [0.5, 0.6) is 0 Å². The first-order valence-corrected chi connectivity index (χ1v) is 5.06. The summed E-state index contributed by atoms with van der Waals surface area (Å²) in [6, 6.07) is -0.182. The van der Waals surface area contributed by atoms with E-state index in [4.69, 9.17) is 0 Å². The van der Waals surface area contributed by atoms with Crippen molar-refractivity contribution < 1.29 is 18.1 Å². The Balaban J connectivity index is 2.53. The summed E-state index contributed by atoms with van der Waals surface area (Å²) in [6.07, 6.45) is -1.05. The Bertz CT molecular complexity index is 213. The van der Waals surface area contributed by atoms with Gasteiger partial charge in [0.25, 0.3) is 0 Å². The summed E-state index contributed by atoms with van der Waals surface area (Å²) >= 11 is 0. The monoisotopic (exact) mass is 225 g/mol. The number of aliphatic hydroxyl groups excluding tert-OH is 1. The maximum absolute atomic E-state index is 12.3. The van der Waals surface area contributed by atoms with Crippen LogP contribution in [0.3, 0.4) is 0 Å². The standard InChI is InChI=1S/C8H17BF3N2O/c1-13(2)4-7-3-8(15)5-14(7)6-9(10,11)12/h7-8,15H,3-6H2,1-2H3/q-1.